The van der Waals surface area contributed by atoms with Crippen LogP contribution in [-0.4, -0.2) is 25.7 Å². The fourth-order valence-electron chi connectivity index (χ4n) is 2.44. The van der Waals surface area contributed by atoms with E-state index in [9.17, 15) is 10.1 Å². The Balaban J connectivity index is 2.19. The van der Waals surface area contributed by atoms with E-state index in [2.05, 4.69) is 11.2 Å². The first-order valence-electron chi connectivity index (χ1n) is 9.10. The van der Waals surface area contributed by atoms with Gasteiger partial charge in [0.25, 0.3) is 5.91 Å². The number of benzene rings is 2. The van der Waals surface area contributed by atoms with E-state index in [0.717, 1.165) is 0 Å². The minimum atomic E-state index is -0.512. The molecule has 2 aromatic carbocycles. The molecule has 0 aliphatic rings. The molecular formula is C23H22N2O4. The Morgan fingerprint density at radius 1 is 1.07 bits per heavy atom. The van der Waals surface area contributed by atoms with Crippen LogP contribution in [0.1, 0.15) is 19.4 Å². The van der Waals surface area contributed by atoms with Gasteiger partial charge in [0.1, 0.15) is 24.0 Å². The van der Waals surface area contributed by atoms with Crippen molar-refractivity contribution in [3.8, 4) is 35.7 Å². The van der Waals surface area contributed by atoms with Crippen LogP contribution < -0.4 is 19.5 Å². The minimum absolute atomic E-state index is 0.0429. The largest absolute Gasteiger partial charge is 0.494 e. The van der Waals surface area contributed by atoms with Crippen LogP contribution in [0, 0.1) is 23.7 Å². The van der Waals surface area contributed by atoms with Crippen LogP contribution in [-0.2, 0) is 4.79 Å². The number of terminal acetylenes is 1. The molecule has 0 aliphatic carbocycles. The molecule has 2 rings (SSSR count). The van der Waals surface area contributed by atoms with E-state index in [4.69, 9.17) is 20.6 Å². The number of nitrogens with one attached hydrogen (secondary N) is 1. The monoisotopic (exact) mass is 390 g/mol. The van der Waals surface area contributed by atoms with Crippen LogP contribution in [0.3, 0.4) is 0 Å². The van der Waals surface area contributed by atoms with Gasteiger partial charge in [-0.2, -0.15) is 5.26 Å². The summed E-state index contributed by atoms with van der Waals surface area (Å²) in [4.78, 5) is 12.5. The zero-order valence-electron chi connectivity index (χ0n) is 16.4. The van der Waals surface area contributed by atoms with Gasteiger partial charge in [0.05, 0.1) is 13.2 Å². The molecule has 0 aliphatic heterocycles. The van der Waals surface area contributed by atoms with Crippen molar-refractivity contribution in [2.75, 3.05) is 25.1 Å². The highest BCUT2D eigenvalue weighted by Crippen LogP contribution is 2.29. The number of rotatable bonds is 9. The summed E-state index contributed by atoms with van der Waals surface area (Å²) in [6.45, 7) is 4.85. The summed E-state index contributed by atoms with van der Waals surface area (Å²) < 4.78 is 16.4. The van der Waals surface area contributed by atoms with E-state index in [1.165, 1.54) is 6.08 Å². The van der Waals surface area contributed by atoms with Crippen molar-refractivity contribution in [2.24, 2.45) is 0 Å². The first kappa shape index (κ1) is 21.4. The molecule has 0 saturated carbocycles. The number of carbonyl (C=O) groups is 1. The lowest BCUT2D eigenvalue weighted by molar-refractivity contribution is -0.112. The molecule has 6 nitrogen and oxygen atoms in total. The molecule has 0 aromatic heterocycles. The van der Waals surface area contributed by atoms with E-state index in [-0.39, 0.29) is 12.2 Å². The molecule has 0 saturated heterocycles. The first-order chi connectivity index (χ1) is 14.1. The predicted octanol–water partition coefficient (Wildman–Crippen LogP) is 4.04. The van der Waals surface area contributed by atoms with Gasteiger partial charge in [-0.15, -0.1) is 6.42 Å². The zero-order chi connectivity index (χ0) is 21.1. The average Bonchev–Trinajstić information content (AvgIpc) is 2.73. The maximum absolute atomic E-state index is 12.5. The van der Waals surface area contributed by atoms with Crippen LogP contribution in [0.2, 0.25) is 0 Å². The van der Waals surface area contributed by atoms with E-state index < -0.39 is 5.91 Å². The molecule has 0 bridgehead atoms. The lowest BCUT2D eigenvalue weighted by Gasteiger charge is -2.11. The molecule has 0 atom stereocenters. The van der Waals surface area contributed by atoms with Gasteiger partial charge in [0.2, 0.25) is 0 Å². The Bertz CT molecular complexity index is 950. The van der Waals surface area contributed by atoms with Crippen molar-refractivity contribution in [1.82, 2.24) is 0 Å². The summed E-state index contributed by atoms with van der Waals surface area (Å²) in [6.07, 6.45) is 6.70. The molecule has 0 heterocycles. The number of hydrogen-bond donors (Lipinski definition) is 1. The molecule has 148 valence electrons. The average molecular weight is 390 g/mol. The fourth-order valence-corrected chi connectivity index (χ4v) is 2.44. The SMILES string of the molecule is C#CCOc1ccc(/C=C(/C#N)C(=O)Nc2ccc(OCC)cc2)cc1OCC. The van der Waals surface area contributed by atoms with Gasteiger partial charge in [-0.25, -0.2) is 0 Å². The summed E-state index contributed by atoms with van der Waals surface area (Å²) in [5.41, 5.74) is 1.14. The van der Waals surface area contributed by atoms with Crippen molar-refractivity contribution in [3.63, 3.8) is 0 Å². The zero-order valence-corrected chi connectivity index (χ0v) is 16.4. The highest BCUT2D eigenvalue weighted by atomic mass is 16.5. The second kappa shape index (κ2) is 11.1. The molecule has 1 N–H and O–H groups in total. The summed E-state index contributed by atoms with van der Waals surface area (Å²) in [7, 11) is 0. The standard InChI is InChI=1S/C23H22N2O4/c1-4-13-29-21-12-7-17(15-22(21)28-6-3)14-18(16-24)23(26)25-19-8-10-20(11-9-19)27-5-2/h1,7-12,14-15H,5-6,13H2,2-3H3,(H,25,26)/b18-14-. The van der Waals surface area contributed by atoms with Crippen LogP contribution in [0.4, 0.5) is 5.69 Å². The van der Waals surface area contributed by atoms with Gasteiger partial charge in [-0.3, -0.25) is 4.79 Å². The second-order valence-corrected chi connectivity index (χ2v) is 5.71. The number of hydrogen-bond acceptors (Lipinski definition) is 5. The predicted molar refractivity (Wildman–Crippen MR) is 112 cm³/mol. The summed E-state index contributed by atoms with van der Waals surface area (Å²) in [5.74, 6) is 3.58. The van der Waals surface area contributed by atoms with Gasteiger partial charge >= 0.3 is 0 Å². The van der Waals surface area contributed by atoms with Crippen LogP contribution in [0.5, 0.6) is 17.2 Å². The van der Waals surface area contributed by atoms with Crippen molar-refractivity contribution in [3.05, 3.63) is 53.6 Å². The number of nitrogens with zero attached hydrogens (tertiary/aromatic N) is 1. The number of anilines is 1. The molecule has 1 amide bonds. The van der Waals surface area contributed by atoms with Gasteiger partial charge < -0.3 is 19.5 Å². The second-order valence-electron chi connectivity index (χ2n) is 5.71. The summed E-state index contributed by atoms with van der Waals surface area (Å²) in [5, 5.41) is 12.1. The number of ether oxygens (including phenoxy) is 3. The Morgan fingerprint density at radius 2 is 1.79 bits per heavy atom. The number of amides is 1. The van der Waals surface area contributed by atoms with E-state index in [1.807, 2.05) is 19.9 Å². The molecule has 0 unspecified atom stereocenters. The lowest BCUT2D eigenvalue weighted by Crippen LogP contribution is -2.13. The summed E-state index contributed by atoms with van der Waals surface area (Å²) in [6, 6.07) is 13.9. The Morgan fingerprint density at radius 3 is 2.41 bits per heavy atom. The Hall–Kier alpha value is -3.90. The van der Waals surface area contributed by atoms with Gasteiger partial charge in [0.15, 0.2) is 11.5 Å². The molecule has 6 heteroatoms. The topological polar surface area (TPSA) is 80.6 Å². The number of nitriles is 1. The third kappa shape index (κ3) is 6.34. The van der Waals surface area contributed by atoms with Crippen LogP contribution >= 0.6 is 0 Å². The van der Waals surface area contributed by atoms with E-state index in [0.29, 0.717) is 41.7 Å². The molecule has 0 spiro atoms. The normalized spacial score (nSPS) is 10.4. The Kier molecular flexibility index (Phi) is 8.16. The maximum atomic E-state index is 12.5. The maximum Gasteiger partial charge on any atom is 0.266 e. The Labute approximate surface area is 170 Å². The highest BCUT2D eigenvalue weighted by Gasteiger charge is 2.11. The van der Waals surface area contributed by atoms with Crippen molar-refractivity contribution in [2.45, 2.75) is 13.8 Å². The first-order valence-corrected chi connectivity index (χ1v) is 9.10. The molecule has 2 aromatic rings. The smallest absolute Gasteiger partial charge is 0.266 e. The third-order valence-electron chi connectivity index (χ3n) is 3.68. The highest BCUT2D eigenvalue weighted by molar-refractivity contribution is 6.09. The van der Waals surface area contributed by atoms with Gasteiger partial charge in [-0.05, 0) is 61.9 Å². The van der Waals surface area contributed by atoms with Crippen LogP contribution in [0.25, 0.3) is 6.08 Å². The minimum Gasteiger partial charge on any atom is -0.494 e. The fraction of sp³-hybridized carbons (Fsp3) is 0.217. The van der Waals surface area contributed by atoms with Gasteiger partial charge in [0, 0.05) is 5.69 Å². The van der Waals surface area contributed by atoms with Crippen molar-refractivity contribution in [1.29, 1.82) is 5.26 Å². The molecular weight excluding hydrogens is 368 g/mol. The number of carbonyl (C=O) groups excluding carboxylic acids is 1. The molecule has 0 fully saturated rings. The van der Waals surface area contributed by atoms with Crippen LogP contribution in [0.15, 0.2) is 48.0 Å². The van der Waals surface area contributed by atoms with Crippen molar-refractivity contribution < 1.29 is 19.0 Å². The van der Waals surface area contributed by atoms with E-state index >= 15 is 0 Å². The lowest BCUT2D eigenvalue weighted by atomic mass is 10.1. The van der Waals surface area contributed by atoms with Gasteiger partial charge in [-0.1, -0.05) is 12.0 Å². The molecule has 29 heavy (non-hydrogen) atoms. The van der Waals surface area contributed by atoms with Crippen molar-refractivity contribution >= 4 is 17.7 Å². The van der Waals surface area contributed by atoms with E-state index in [1.54, 1.807) is 42.5 Å². The quantitative estimate of drug-likeness (QED) is 0.397. The third-order valence-corrected chi connectivity index (χ3v) is 3.68. The summed E-state index contributed by atoms with van der Waals surface area (Å²) >= 11 is 0. The molecule has 0 radical (unpaired) electrons.